The van der Waals surface area contributed by atoms with Crippen LogP contribution in [0.2, 0.25) is 0 Å². The van der Waals surface area contributed by atoms with Crippen molar-refractivity contribution in [1.29, 1.82) is 0 Å². The van der Waals surface area contributed by atoms with E-state index in [9.17, 15) is 19.5 Å². The van der Waals surface area contributed by atoms with Crippen LogP contribution in [0.1, 0.15) is 34.7 Å². The van der Waals surface area contributed by atoms with E-state index in [1.54, 1.807) is 0 Å². The van der Waals surface area contributed by atoms with Gasteiger partial charge in [0, 0.05) is 25.4 Å². The van der Waals surface area contributed by atoms with Crippen LogP contribution >= 0.6 is 0 Å². The van der Waals surface area contributed by atoms with Gasteiger partial charge in [-0.3, -0.25) is 24.6 Å². The van der Waals surface area contributed by atoms with Crippen molar-refractivity contribution in [1.82, 2.24) is 10.2 Å². The topological polar surface area (TPSA) is 86.7 Å². The van der Waals surface area contributed by atoms with Gasteiger partial charge in [0.25, 0.3) is 0 Å². The molecule has 4 atom stereocenters. The molecule has 2 heterocycles. The molecule has 3 aromatic rings. The van der Waals surface area contributed by atoms with E-state index >= 15 is 0 Å². The van der Waals surface area contributed by atoms with Gasteiger partial charge in [-0.05, 0) is 22.3 Å². The van der Waals surface area contributed by atoms with Crippen LogP contribution in [0.4, 0.5) is 0 Å². The molecular formula is C32H28N2O4. The first kappa shape index (κ1) is 25.2. The van der Waals surface area contributed by atoms with Crippen LogP contribution in [0.25, 0.3) is 12.2 Å². The standard InChI is InChI=1S/C32H28N2O4/c1-2-3-20-34-29(35)26-27(30(34)36)32(31(37)38,21-24-12-8-5-9-13-24)33-28(26)25-18-16-23(17-19-25)15-14-22-10-6-4-7-11-22/h1,4-19,26-28,33H,3,20-21H2,(H,37,38). The Hall–Kier alpha value is -4.47. The van der Waals surface area contributed by atoms with Gasteiger partial charge in [-0.1, -0.05) is 97.1 Å². The number of carbonyl (C=O) groups excluding carboxylic acids is 2. The van der Waals surface area contributed by atoms with E-state index in [4.69, 9.17) is 6.42 Å². The Labute approximate surface area is 222 Å². The Morgan fingerprint density at radius 3 is 2.13 bits per heavy atom. The molecule has 2 aliphatic heterocycles. The van der Waals surface area contributed by atoms with Crippen molar-refractivity contribution in [3.63, 3.8) is 0 Å². The molecule has 6 heteroatoms. The lowest BCUT2D eigenvalue weighted by atomic mass is 9.76. The summed E-state index contributed by atoms with van der Waals surface area (Å²) in [7, 11) is 0. The first-order valence-corrected chi connectivity index (χ1v) is 12.6. The van der Waals surface area contributed by atoms with Crippen molar-refractivity contribution in [2.24, 2.45) is 11.8 Å². The third-order valence-corrected chi connectivity index (χ3v) is 7.50. The number of nitrogens with zero attached hydrogens (tertiary/aromatic N) is 1. The average Bonchev–Trinajstić information content (AvgIpc) is 3.41. The lowest BCUT2D eigenvalue weighted by Gasteiger charge is -2.31. The van der Waals surface area contributed by atoms with E-state index in [1.165, 1.54) is 0 Å². The van der Waals surface area contributed by atoms with Crippen molar-refractivity contribution < 1.29 is 19.5 Å². The molecule has 2 amide bonds. The third kappa shape index (κ3) is 4.53. The summed E-state index contributed by atoms with van der Waals surface area (Å²) in [6.45, 7) is 0.0815. The van der Waals surface area contributed by atoms with Crippen LogP contribution in [-0.2, 0) is 20.8 Å². The highest BCUT2D eigenvalue weighted by molar-refractivity contribution is 6.09. The quantitative estimate of drug-likeness (QED) is 0.273. The molecule has 6 nitrogen and oxygen atoms in total. The average molecular weight is 505 g/mol. The van der Waals surface area contributed by atoms with Crippen molar-refractivity contribution in [2.45, 2.75) is 24.4 Å². The molecule has 0 spiro atoms. The summed E-state index contributed by atoms with van der Waals surface area (Å²) < 4.78 is 0. The SMILES string of the molecule is C#CCCN1C(=O)C2C(c3ccc(C=Cc4ccccc4)cc3)NC(Cc3ccccc3)(C(=O)O)C2C1=O. The number of rotatable bonds is 8. The van der Waals surface area contributed by atoms with Gasteiger partial charge in [-0.2, -0.15) is 0 Å². The molecule has 0 aliphatic carbocycles. The maximum Gasteiger partial charge on any atom is 0.325 e. The normalized spacial score (nSPS) is 24.5. The monoisotopic (exact) mass is 504 g/mol. The largest absolute Gasteiger partial charge is 0.480 e. The predicted molar refractivity (Wildman–Crippen MR) is 145 cm³/mol. The zero-order chi connectivity index (χ0) is 26.7. The van der Waals surface area contributed by atoms with Gasteiger partial charge in [0.1, 0.15) is 5.54 Å². The van der Waals surface area contributed by atoms with Crippen molar-refractivity contribution in [3.8, 4) is 12.3 Å². The van der Waals surface area contributed by atoms with Gasteiger partial charge in [-0.25, -0.2) is 0 Å². The Morgan fingerprint density at radius 2 is 1.53 bits per heavy atom. The highest BCUT2D eigenvalue weighted by atomic mass is 16.4. The zero-order valence-corrected chi connectivity index (χ0v) is 20.8. The van der Waals surface area contributed by atoms with Crippen LogP contribution < -0.4 is 5.32 Å². The summed E-state index contributed by atoms with van der Waals surface area (Å²) in [6.07, 6.45) is 9.69. The lowest BCUT2D eigenvalue weighted by molar-refractivity contribution is -0.151. The van der Waals surface area contributed by atoms with Crippen LogP contribution in [0.3, 0.4) is 0 Å². The second-order valence-corrected chi connectivity index (χ2v) is 9.76. The molecule has 190 valence electrons. The fourth-order valence-corrected chi connectivity index (χ4v) is 5.67. The number of amides is 2. The van der Waals surface area contributed by atoms with Crippen LogP contribution in [-0.4, -0.2) is 39.9 Å². The minimum Gasteiger partial charge on any atom is -0.480 e. The van der Waals surface area contributed by atoms with Gasteiger partial charge in [0.2, 0.25) is 11.8 Å². The number of benzene rings is 3. The van der Waals surface area contributed by atoms with Gasteiger partial charge in [0.15, 0.2) is 0 Å². The van der Waals surface area contributed by atoms with Gasteiger partial charge < -0.3 is 5.11 Å². The third-order valence-electron chi connectivity index (χ3n) is 7.50. The van der Waals surface area contributed by atoms with E-state index in [1.807, 2.05) is 97.1 Å². The molecule has 5 rings (SSSR count). The summed E-state index contributed by atoms with van der Waals surface area (Å²) in [5.74, 6) is -1.43. The molecule has 2 N–H and O–H groups in total. The number of carbonyl (C=O) groups is 3. The van der Waals surface area contributed by atoms with Crippen LogP contribution in [0.5, 0.6) is 0 Å². The number of fused-ring (bicyclic) bond motifs is 1. The Kier molecular flexibility index (Phi) is 6.95. The van der Waals surface area contributed by atoms with Crippen molar-refractivity contribution >= 4 is 29.9 Å². The first-order chi connectivity index (χ1) is 18.4. The molecule has 3 aromatic carbocycles. The highest BCUT2D eigenvalue weighted by Crippen LogP contribution is 2.50. The molecule has 0 bridgehead atoms. The number of aliphatic carboxylic acids is 1. The fourth-order valence-electron chi connectivity index (χ4n) is 5.67. The van der Waals surface area contributed by atoms with E-state index in [0.717, 1.165) is 27.2 Å². The number of likely N-dealkylation sites (tertiary alicyclic amines) is 1. The summed E-state index contributed by atoms with van der Waals surface area (Å²) in [5.41, 5.74) is 1.93. The highest BCUT2D eigenvalue weighted by Gasteiger charge is 2.68. The van der Waals surface area contributed by atoms with Crippen molar-refractivity contribution in [2.75, 3.05) is 6.54 Å². The number of carboxylic acids is 1. The molecule has 2 fully saturated rings. The minimum atomic E-state index is -1.64. The predicted octanol–water partition coefficient (Wildman–Crippen LogP) is 4.19. The number of nitrogens with one attached hydrogen (secondary N) is 1. The minimum absolute atomic E-state index is 0.0702. The number of imide groups is 1. The molecule has 2 aliphatic rings. The van der Waals surface area contributed by atoms with Crippen LogP contribution in [0.15, 0.2) is 84.9 Å². The molecule has 0 radical (unpaired) electrons. The Bertz CT molecular complexity index is 1410. The number of hydrogen-bond acceptors (Lipinski definition) is 4. The maximum atomic E-state index is 13.6. The first-order valence-electron chi connectivity index (χ1n) is 12.6. The molecule has 0 saturated carbocycles. The van der Waals surface area contributed by atoms with E-state index in [0.29, 0.717) is 0 Å². The number of hydrogen-bond donors (Lipinski definition) is 2. The summed E-state index contributed by atoms with van der Waals surface area (Å²) >= 11 is 0. The Balaban J connectivity index is 1.51. The molecular weight excluding hydrogens is 476 g/mol. The number of terminal acetylenes is 1. The van der Waals surface area contributed by atoms with Gasteiger partial charge >= 0.3 is 5.97 Å². The second-order valence-electron chi connectivity index (χ2n) is 9.76. The van der Waals surface area contributed by atoms with Gasteiger partial charge in [-0.15, -0.1) is 12.3 Å². The zero-order valence-electron chi connectivity index (χ0n) is 20.8. The molecule has 38 heavy (non-hydrogen) atoms. The summed E-state index contributed by atoms with van der Waals surface area (Å²) in [5, 5.41) is 13.8. The smallest absolute Gasteiger partial charge is 0.325 e. The Morgan fingerprint density at radius 1 is 0.921 bits per heavy atom. The fraction of sp³-hybridized carbons (Fsp3) is 0.219. The van der Waals surface area contributed by atoms with E-state index in [2.05, 4.69) is 11.2 Å². The van der Waals surface area contributed by atoms with E-state index < -0.39 is 35.3 Å². The maximum absolute atomic E-state index is 13.6. The molecule has 0 aromatic heterocycles. The van der Waals surface area contributed by atoms with E-state index in [-0.39, 0.29) is 25.3 Å². The van der Waals surface area contributed by atoms with Gasteiger partial charge in [0.05, 0.1) is 11.8 Å². The van der Waals surface area contributed by atoms with Crippen LogP contribution in [0, 0.1) is 24.2 Å². The number of carboxylic acid groups (broad SMARTS) is 1. The van der Waals surface area contributed by atoms with Crippen molar-refractivity contribution in [3.05, 3.63) is 107 Å². The second kappa shape index (κ2) is 10.5. The summed E-state index contributed by atoms with van der Waals surface area (Å²) in [4.78, 5) is 41.2. The molecule has 2 saturated heterocycles. The lowest BCUT2D eigenvalue weighted by Crippen LogP contribution is -2.57. The summed E-state index contributed by atoms with van der Waals surface area (Å²) in [6, 6.07) is 26.1. The molecule has 4 unspecified atom stereocenters.